The minimum Gasteiger partial charge on any atom is -0.480 e. The molecule has 3 amide bonds. The third kappa shape index (κ3) is 7.26. The molecule has 0 aromatic rings. The van der Waals surface area contributed by atoms with Crippen molar-refractivity contribution in [2.45, 2.75) is 25.8 Å². The summed E-state index contributed by atoms with van der Waals surface area (Å²) < 4.78 is 0. The van der Waals surface area contributed by atoms with Crippen molar-refractivity contribution in [1.82, 2.24) is 16.0 Å². The zero-order valence-electron chi connectivity index (χ0n) is 10.4. The van der Waals surface area contributed by atoms with Crippen molar-refractivity contribution in [2.24, 2.45) is 0 Å². The summed E-state index contributed by atoms with van der Waals surface area (Å²) in [4.78, 5) is 33.2. The Labute approximate surface area is 106 Å². The molecule has 0 radical (unpaired) electrons. The molecule has 4 N–H and O–H groups in total. The molecule has 102 valence electrons. The molecule has 0 aliphatic heterocycles. The molecule has 0 spiro atoms. The van der Waals surface area contributed by atoms with Gasteiger partial charge in [0.25, 0.3) is 0 Å². The molecule has 0 rings (SSSR count). The van der Waals surface area contributed by atoms with Gasteiger partial charge in [0.05, 0.1) is 6.54 Å². The Morgan fingerprint density at radius 3 is 2.50 bits per heavy atom. The summed E-state index contributed by atoms with van der Waals surface area (Å²) >= 11 is 0. The monoisotopic (exact) mass is 257 g/mol. The molecule has 0 saturated carbocycles. The number of hydrogen-bond donors (Lipinski definition) is 4. The summed E-state index contributed by atoms with van der Waals surface area (Å²) in [6, 6.07) is -1.74. The number of hydrogen-bond acceptors (Lipinski definition) is 3. The van der Waals surface area contributed by atoms with Gasteiger partial charge in [0.2, 0.25) is 5.91 Å². The Bertz CT molecular complexity index is 317. The van der Waals surface area contributed by atoms with Gasteiger partial charge < -0.3 is 21.1 Å². The van der Waals surface area contributed by atoms with E-state index in [1.165, 1.54) is 6.08 Å². The highest BCUT2D eigenvalue weighted by molar-refractivity contribution is 5.86. The van der Waals surface area contributed by atoms with E-state index in [0.29, 0.717) is 6.54 Å². The molecule has 0 aromatic heterocycles. The molecule has 1 atom stereocenters. The van der Waals surface area contributed by atoms with E-state index in [1.54, 1.807) is 0 Å². The minimum atomic E-state index is -1.15. The van der Waals surface area contributed by atoms with Gasteiger partial charge in [0, 0.05) is 6.54 Å². The SMILES string of the molecule is C=CCC(NC(=O)NCC(=O)NCCC)C(=O)O. The average Bonchev–Trinajstić information content (AvgIpc) is 2.33. The van der Waals surface area contributed by atoms with Crippen LogP contribution in [0.3, 0.4) is 0 Å². The average molecular weight is 257 g/mol. The van der Waals surface area contributed by atoms with Crippen molar-refractivity contribution in [3.05, 3.63) is 12.7 Å². The number of amides is 3. The van der Waals surface area contributed by atoms with E-state index < -0.39 is 18.0 Å². The Kier molecular flexibility index (Phi) is 8.00. The molecular formula is C11H19N3O4. The quantitative estimate of drug-likeness (QED) is 0.453. The number of carboxylic acids is 1. The van der Waals surface area contributed by atoms with E-state index in [2.05, 4.69) is 22.5 Å². The number of carbonyl (C=O) groups excluding carboxylic acids is 2. The van der Waals surface area contributed by atoms with Crippen LogP contribution >= 0.6 is 0 Å². The summed E-state index contributed by atoms with van der Waals surface area (Å²) in [6.45, 7) is 5.66. The molecule has 1 unspecified atom stereocenters. The molecule has 0 aliphatic rings. The summed E-state index contributed by atoms with van der Waals surface area (Å²) in [5.41, 5.74) is 0. The van der Waals surface area contributed by atoms with Crippen LogP contribution in [0.5, 0.6) is 0 Å². The van der Waals surface area contributed by atoms with Crippen molar-refractivity contribution in [1.29, 1.82) is 0 Å². The van der Waals surface area contributed by atoms with Crippen molar-refractivity contribution in [3.8, 4) is 0 Å². The van der Waals surface area contributed by atoms with Gasteiger partial charge in [0.1, 0.15) is 6.04 Å². The van der Waals surface area contributed by atoms with E-state index in [-0.39, 0.29) is 18.9 Å². The number of nitrogens with one attached hydrogen (secondary N) is 3. The lowest BCUT2D eigenvalue weighted by Crippen LogP contribution is -2.48. The number of carboxylic acid groups (broad SMARTS) is 1. The molecule has 0 saturated heterocycles. The topological polar surface area (TPSA) is 108 Å². The third-order valence-electron chi connectivity index (χ3n) is 1.99. The first-order chi connectivity index (χ1) is 8.51. The fourth-order valence-corrected chi connectivity index (χ4v) is 1.08. The zero-order chi connectivity index (χ0) is 14.0. The largest absolute Gasteiger partial charge is 0.480 e. The Morgan fingerprint density at radius 2 is 2.00 bits per heavy atom. The van der Waals surface area contributed by atoms with Gasteiger partial charge in [-0.05, 0) is 12.8 Å². The maximum absolute atomic E-state index is 11.3. The van der Waals surface area contributed by atoms with Crippen LogP contribution in [0.1, 0.15) is 19.8 Å². The first-order valence-electron chi connectivity index (χ1n) is 5.66. The first kappa shape index (κ1) is 16.0. The predicted octanol–water partition coefficient (Wildman–Crippen LogP) is -0.159. The molecule has 0 aromatic carbocycles. The van der Waals surface area contributed by atoms with Crippen LogP contribution in [-0.4, -0.2) is 42.1 Å². The predicted molar refractivity (Wildman–Crippen MR) is 66.1 cm³/mol. The van der Waals surface area contributed by atoms with E-state index >= 15 is 0 Å². The molecule has 0 aliphatic carbocycles. The van der Waals surface area contributed by atoms with Gasteiger partial charge in [-0.2, -0.15) is 0 Å². The van der Waals surface area contributed by atoms with Gasteiger partial charge in [-0.25, -0.2) is 9.59 Å². The van der Waals surface area contributed by atoms with Crippen molar-refractivity contribution in [2.75, 3.05) is 13.1 Å². The lowest BCUT2D eigenvalue weighted by atomic mass is 10.2. The fraction of sp³-hybridized carbons (Fsp3) is 0.545. The van der Waals surface area contributed by atoms with Crippen LogP contribution in [-0.2, 0) is 9.59 Å². The highest BCUT2D eigenvalue weighted by atomic mass is 16.4. The fourth-order valence-electron chi connectivity index (χ4n) is 1.08. The molecule has 18 heavy (non-hydrogen) atoms. The summed E-state index contributed by atoms with van der Waals surface area (Å²) in [7, 11) is 0. The van der Waals surface area contributed by atoms with E-state index in [9.17, 15) is 14.4 Å². The third-order valence-corrected chi connectivity index (χ3v) is 1.99. The highest BCUT2D eigenvalue weighted by Crippen LogP contribution is 1.92. The number of urea groups is 1. The van der Waals surface area contributed by atoms with Gasteiger partial charge >= 0.3 is 12.0 Å². The van der Waals surface area contributed by atoms with Crippen LogP contribution in [0.15, 0.2) is 12.7 Å². The van der Waals surface area contributed by atoms with Gasteiger partial charge in [0.15, 0.2) is 0 Å². The van der Waals surface area contributed by atoms with E-state index in [4.69, 9.17) is 5.11 Å². The van der Waals surface area contributed by atoms with Crippen molar-refractivity contribution >= 4 is 17.9 Å². The lowest BCUT2D eigenvalue weighted by molar-refractivity contribution is -0.139. The molecular weight excluding hydrogens is 238 g/mol. The maximum atomic E-state index is 11.3. The number of rotatable bonds is 8. The van der Waals surface area contributed by atoms with Crippen molar-refractivity contribution in [3.63, 3.8) is 0 Å². The van der Waals surface area contributed by atoms with Crippen LogP contribution in [0.4, 0.5) is 4.79 Å². The first-order valence-corrected chi connectivity index (χ1v) is 5.66. The van der Waals surface area contributed by atoms with Gasteiger partial charge in [-0.3, -0.25) is 4.79 Å². The second-order valence-electron chi connectivity index (χ2n) is 3.59. The summed E-state index contributed by atoms with van der Waals surface area (Å²) in [5.74, 6) is -1.47. The van der Waals surface area contributed by atoms with Crippen molar-refractivity contribution < 1.29 is 19.5 Å². The van der Waals surface area contributed by atoms with E-state index in [0.717, 1.165) is 6.42 Å². The van der Waals surface area contributed by atoms with Gasteiger partial charge in [-0.1, -0.05) is 13.0 Å². The molecule has 7 nitrogen and oxygen atoms in total. The summed E-state index contributed by atoms with van der Waals surface area (Å²) in [6.07, 6.45) is 2.32. The van der Waals surface area contributed by atoms with Crippen LogP contribution in [0.2, 0.25) is 0 Å². The van der Waals surface area contributed by atoms with Crippen LogP contribution in [0, 0.1) is 0 Å². The van der Waals surface area contributed by atoms with E-state index in [1.807, 2.05) is 6.92 Å². The molecule has 0 bridgehead atoms. The number of aliphatic carboxylic acids is 1. The van der Waals surface area contributed by atoms with Gasteiger partial charge in [-0.15, -0.1) is 6.58 Å². The Morgan fingerprint density at radius 1 is 1.33 bits per heavy atom. The lowest BCUT2D eigenvalue weighted by Gasteiger charge is -2.13. The normalized spacial score (nSPS) is 11.2. The second kappa shape index (κ2) is 9.03. The smallest absolute Gasteiger partial charge is 0.326 e. The van der Waals surface area contributed by atoms with Crippen LogP contribution < -0.4 is 16.0 Å². The Balaban J connectivity index is 3.98. The molecule has 0 fully saturated rings. The minimum absolute atomic E-state index is 0.116. The van der Waals surface area contributed by atoms with Crippen LogP contribution in [0.25, 0.3) is 0 Å². The maximum Gasteiger partial charge on any atom is 0.326 e. The summed E-state index contributed by atoms with van der Waals surface area (Å²) in [5, 5.41) is 15.9. The number of carbonyl (C=O) groups is 3. The highest BCUT2D eigenvalue weighted by Gasteiger charge is 2.18. The standard InChI is InChI=1S/C11H19N3O4/c1-3-5-8(10(16)17)14-11(18)13-7-9(15)12-6-4-2/h3,8H,1,4-7H2,2H3,(H,12,15)(H,16,17)(H2,13,14,18). The zero-order valence-corrected chi connectivity index (χ0v) is 10.4. The molecule has 7 heteroatoms. The Hall–Kier alpha value is -2.05. The second-order valence-corrected chi connectivity index (χ2v) is 3.59. The molecule has 0 heterocycles.